The van der Waals surface area contributed by atoms with Gasteiger partial charge in [-0.3, -0.25) is 0 Å². The molecule has 0 unspecified atom stereocenters. The summed E-state index contributed by atoms with van der Waals surface area (Å²) in [7, 11) is 0. The normalized spacial score (nSPS) is 10.8. The van der Waals surface area contributed by atoms with Crippen molar-refractivity contribution in [2.45, 2.75) is 77.6 Å². The molecule has 0 aromatic heterocycles. The van der Waals surface area contributed by atoms with E-state index in [0.717, 1.165) is 24.8 Å². The van der Waals surface area contributed by atoms with Gasteiger partial charge in [0.25, 0.3) is 0 Å². The molecule has 158 valence electrons. The van der Waals surface area contributed by atoms with Crippen molar-refractivity contribution in [1.82, 2.24) is 0 Å². The number of benzene rings is 2. The Morgan fingerprint density at radius 3 is 2.07 bits per heavy atom. The van der Waals surface area contributed by atoms with Crippen molar-refractivity contribution in [3.8, 4) is 17.2 Å². The maximum absolute atomic E-state index is 12.2. The lowest BCUT2D eigenvalue weighted by atomic mass is 10.0. The lowest BCUT2D eigenvalue weighted by Crippen LogP contribution is -2.09. The van der Waals surface area contributed by atoms with Crippen LogP contribution in [0.4, 0.5) is 0 Å². The number of unbranched alkanes of at least 4 members (excludes halogenated alkanes) is 9. The summed E-state index contributed by atoms with van der Waals surface area (Å²) in [6.45, 7) is 2.24. The summed E-state index contributed by atoms with van der Waals surface area (Å²) in [5.41, 5.74) is 0.860. The van der Waals surface area contributed by atoms with Crippen LogP contribution in [0.2, 0.25) is 0 Å². The molecule has 0 atom stereocenters. The molecule has 0 saturated heterocycles. The molecule has 4 nitrogen and oxygen atoms in total. The van der Waals surface area contributed by atoms with E-state index < -0.39 is 5.97 Å². The maximum atomic E-state index is 12.2. The third kappa shape index (κ3) is 7.80. The highest BCUT2D eigenvalue weighted by Gasteiger charge is 2.16. The number of hydrogen-bond acceptors (Lipinski definition) is 4. The van der Waals surface area contributed by atoms with Gasteiger partial charge in [0.05, 0.1) is 0 Å². The number of carbonyl (C=O) groups excluding carboxylic acids is 1. The summed E-state index contributed by atoms with van der Waals surface area (Å²) in [6, 6.07) is 11.4. The second kappa shape index (κ2) is 12.9. The Bertz CT molecular complexity index is 754. The van der Waals surface area contributed by atoms with Crippen molar-refractivity contribution in [3.63, 3.8) is 0 Å². The van der Waals surface area contributed by atoms with Crippen LogP contribution in [-0.4, -0.2) is 16.2 Å². The smallest absolute Gasteiger partial charge is 0.347 e. The van der Waals surface area contributed by atoms with Crippen LogP contribution in [0.25, 0.3) is 0 Å². The molecule has 0 radical (unpaired) electrons. The fourth-order valence-electron chi connectivity index (χ4n) is 3.46. The van der Waals surface area contributed by atoms with Crippen molar-refractivity contribution in [2.75, 3.05) is 0 Å². The Balaban J connectivity index is 1.74. The third-order valence-electron chi connectivity index (χ3n) is 5.21. The number of aryl methyl sites for hydroxylation is 1. The van der Waals surface area contributed by atoms with Crippen molar-refractivity contribution < 1.29 is 19.7 Å². The molecule has 2 N–H and O–H groups in total. The topological polar surface area (TPSA) is 66.8 Å². The van der Waals surface area contributed by atoms with E-state index in [1.165, 1.54) is 63.5 Å². The first kappa shape index (κ1) is 22.8. The zero-order valence-electron chi connectivity index (χ0n) is 17.5. The minimum atomic E-state index is -0.686. The number of rotatable bonds is 13. The fourth-order valence-corrected chi connectivity index (χ4v) is 3.46. The zero-order valence-corrected chi connectivity index (χ0v) is 17.5. The number of ether oxygens (including phenoxy) is 1. The molecule has 2 aromatic rings. The lowest BCUT2D eigenvalue weighted by molar-refractivity contribution is 0.0726. The standard InChI is InChI=1S/C25H34O4/c1-2-3-4-5-6-7-8-9-10-11-15-20-16-14-19-23(24(20)27)29-25(28)21-17-12-13-18-22(21)26/h12-14,16-19,26-27H,2-11,15H2,1H3. The summed E-state index contributed by atoms with van der Waals surface area (Å²) < 4.78 is 5.30. The molecule has 0 aliphatic rings. The maximum Gasteiger partial charge on any atom is 0.347 e. The van der Waals surface area contributed by atoms with Gasteiger partial charge in [0.15, 0.2) is 11.5 Å². The van der Waals surface area contributed by atoms with Crippen LogP contribution < -0.4 is 4.74 Å². The van der Waals surface area contributed by atoms with Crippen molar-refractivity contribution in [1.29, 1.82) is 0 Å². The summed E-state index contributed by atoms with van der Waals surface area (Å²) in [4.78, 5) is 12.2. The number of esters is 1. The number of hydrogen-bond donors (Lipinski definition) is 2. The van der Waals surface area contributed by atoms with Gasteiger partial charge in [-0.25, -0.2) is 4.79 Å². The highest BCUT2D eigenvalue weighted by atomic mass is 16.5. The van der Waals surface area contributed by atoms with Gasteiger partial charge in [0.1, 0.15) is 11.3 Å². The summed E-state index contributed by atoms with van der Waals surface area (Å²) in [5, 5.41) is 20.2. The molecule has 0 saturated carbocycles. The van der Waals surface area contributed by atoms with Gasteiger partial charge in [-0.1, -0.05) is 89.0 Å². The van der Waals surface area contributed by atoms with Gasteiger partial charge < -0.3 is 14.9 Å². The molecule has 0 aliphatic carbocycles. The average Bonchev–Trinajstić information content (AvgIpc) is 2.72. The van der Waals surface area contributed by atoms with E-state index in [1.807, 2.05) is 6.07 Å². The van der Waals surface area contributed by atoms with E-state index in [9.17, 15) is 15.0 Å². The predicted octanol–water partition coefficient (Wildman–Crippen LogP) is 6.78. The fraction of sp³-hybridized carbons (Fsp3) is 0.480. The first-order valence-corrected chi connectivity index (χ1v) is 10.9. The van der Waals surface area contributed by atoms with Crippen LogP contribution >= 0.6 is 0 Å². The first-order valence-electron chi connectivity index (χ1n) is 10.9. The molecule has 0 spiro atoms. The lowest BCUT2D eigenvalue weighted by Gasteiger charge is -2.11. The van der Waals surface area contributed by atoms with Crippen LogP contribution in [0.15, 0.2) is 42.5 Å². The molecule has 0 fully saturated rings. The molecule has 2 aromatic carbocycles. The average molecular weight is 399 g/mol. The molecule has 2 rings (SSSR count). The minimum Gasteiger partial charge on any atom is -0.507 e. The largest absolute Gasteiger partial charge is 0.507 e. The van der Waals surface area contributed by atoms with Crippen molar-refractivity contribution in [3.05, 3.63) is 53.6 Å². The number of phenolic OH excluding ortho intramolecular Hbond substituents is 2. The molecule has 0 heterocycles. The van der Waals surface area contributed by atoms with Crippen molar-refractivity contribution in [2.24, 2.45) is 0 Å². The summed E-state index contributed by atoms with van der Waals surface area (Å²) in [5.74, 6) is -0.692. The van der Waals surface area contributed by atoms with Crippen LogP contribution in [0.3, 0.4) is 0 Å². The minimum absolute atomic E-state index is 0.00666. The number of carbonyl (C=O) groups is 1. The van der Waals surface area contributed by atoms with Crippen LogP contribution in [0, 0.1) is 0 Å². The monoisotopic (exact) mass is 398 g/mol. The molecular weight excluding hydrogens is 364 g/mol. The second-order valence-corrected chi connectivity index (χ2v) is 7.60. The Morgan fingerprint density at radius 2 is 1.41 bits per heavy atom. The Kier molecular flexibility index (Phi) is 10.1. The van der Waals surface area contributed by atoms with E-state index in [4.69, 9.17) is 4.74 Å². The molecule has 4 heteroatoms. The Labute approximate surface area is 174 Å². The van der Waals surface area contributed by atoms with E-state index >= 15 is 0 Å². The van der Waals surface area contributed by atoms with Gasteiger partial charge in [0.2, 0.25) is 0 Å². The van der Waals surface area contributed by atoms with Gasteiger partial charge in [0, 0.05) is 0 Å². The van der Waals surface area contributed by atoms with Gasteiger partial charge in [-0.05, 0) is 36.6 Å². The second-order valence-electron chi connectivity index (χ2n) is 7.60. The van der Waals surface area contributed by atoms with Crippen LogP contribution in [0.5, 0.6) is 17.2 Å². The number of aromatic hydroxyl groups is 2. The highest BCUT2D eigenvalue weighted by Crippen LogP contribution is 2.32. The summed E-state index contributed by atoms with van der Waals surface area (Å²) >= 11 is 0. The SMILES string of the molecule is CCCCCCCCCCCCc1cccc(OC(=O)c2ccccc2O)c1O. The third-order valence-corrected chi connectivity index (χ3v) is 5.21. The zero-order chi connectivity index (χ0) is 20.9. The molecular formula is C25H34O4. The van der Waals surface area contributed by atoms with Gasteiger partial charge in [-0.15, -0.1) is 0 Å². The number of para-hydroxylation sites is 2. The van der Waals surface area contributed by atoms with Gasteiger partial charge in [-0.2, -0.15) is 0 Å². The highest BCUT2D eigenvalue weighted by molar-refractivity contribution is 5.94. The Hall–Kier alpha value is -2.49. The van der Waals surface area contributed by atoms with Crippen LogP contribution in [-0.2, 0) is 6.42 Å². The quantitative estimate of drug-likeness (QED) is 0.222. The van der Waals surface area contributed by atoms with E-state index in [2.05, 4.69) is 6.92 Å². The van der Waals surface area contributed by atoms with Crippen molar-refractivity contribution >= 4 is 5.97 Å². The molecule has 0 amide bonds. The molecule has 0 aliphatic heterocycles. The summed E-state index contributed by atoms with van der Waals surface area (Å²) in [6.07, 6.45) is 13.4. The van der Waals surface area contributed by atoms with Gasteiger partial charge >= 0.3 is 5.97 Å². The van der Waals surface area contributed by atoms with E-state index in [0.29, 0.717) is 0 Å². The number of phenols is 2. The predicted molar refractivity (Wildman–Crippen MR) is 117 cm³/mol. The first-order chi connectivity index (χ1) is 14.1. The molecule has 29 heavy (non-hydrogen) atoms. The van der Waals surface area contributed by atoms with E-state index in [1.54, 1.807) is 24.3 Å². The Morgan fingerprint density at radius 1 is 0.793 bits per heavy atom. The van der Waals surface area contributed by atoms with E-state index in [-0.39, 0.29) is 22.8 Å². The molecule has 0 bridgehead atoms. The van der Waals surface area contributed by atoms with Crippen LogP contribution in [0.1, 0.15) is 87.1 Å².